The Hall–Kier alpha value is -4.06. The molecule has 216 valence electrons. The Morgan fingerprint density at radius 2 is 1.77 bits per heavy atom. The number of aromatic hydroxyl groups is 1. The molecule has 6 N–H and O–H groups in total. The summed E-state index contributed by atoms with van der Waals surface area (Å²) in [7, 11) is 0. The van der Waals surface area contributed by atoms with Gasteiger partial charge in [0.1, 0.15) is 11.8 Å². The average molecular weight is 555 g/mol. The van der Waals surface area contributed by atoms with E-state index in [1.54, 1.807) is 38.4 Å². The average Bonchev–Trinajstić information content (AvgIpc) is 2.94. The smallest absolute Gasteiger partial charge is 0.273 e. The highest BCUT2D eigenvalue weighted by Gasteiger charge is 2.38. The van der Waals surface area contributed by atoms with Gasteiger partial charge in [-0.25, -0.2) is 4.98 Å². The molecule has 0 bridgehead atoms. The number of rotatable bonds is 7. The van der Waals surface area contributed by atoms with Crippen molar-refractivity contribution in [3.05, 3.63) is 54.1 Å². The summed E-state index contributed by atoms with van der Waals surface area (Å²) in [5, 5.41) is 32.3. The van der Waals surface area contributed by atoms with Crippen molar-refractivity contribution in [3.63, 3.8) is 0 Å². The highest BCUT2D eigenvalue weighted by atomic mass is 16.3. The first-order valence-electron chi connectivity index (χ1n) is 13.4. The summed E-state index contributed by atoms with van der Waals surface area (Å²) in [6.45, 7) is 6.69. The second kappa shape index (κ2) is 13.8. The molecule has 3 heterocycles. The largest absolute Gasteiger partial charge is 0.505 e. The van der Waals surface area contributed by atoms with Crippen LogP contribution in [0.25, 0.3) is 0 Å². The fraction of sp³-hybridized carbons (Fsp3) is 0.500. The molecule has 2 aromatic heterocycles. The van der Waals surface area contributed by atoms with Crippen LogP contribution in [0, 0.1) is 17.8 Å². The van der Waals surface area contributed by atoms with Gasteiger partial charge in [0.2, 0.25) is 17.7 Å². The second-order valence-electron chi connectivity index (χ2n) is 10.3. The summed E-state index contributed by atoms with van der Waals surface area (Å²) in [6.07, 6.45) is 4.07. The third kappa shape index (κ3) is 7.53. The third-order valence-electron chi connectivity index (χ3n) is 7.43. The third-order valence-corrected chi connectivity index (χ3v) is 7.43. The predicted octanol–water partition coefficient (Wildman–Crippen LogP) is 0.302. The Labute approximate surface area is 233 Å². The number of hydrogen-bond acceptors (Lipinski definition) is 8. The maximum Gasteiger partial charge on any atom is 0.273 e. The minimum atomic E-state index is -1.29. The summed E-state index contributed by atoms with van der Waals surface area (Å²) in [4.78, 5) is 60.8. The Morgan fingerprint density at radius 1 is 1.05 bits per heavy atom. The number of aliphatic hydroxyl groups excluding tert-OH is 1. The Kier molecular flexibility index (Phi) is 10.5. The maximum absolute atomic E-state index is 13.7. The molecule has 4 amide bonds. The van der Waals surface area contributed by atoms with Gasteiger partial charge in [0.25, 0.3) is 5.91 Å². The number of aromatic nitrogens is 2. The highest BCUT2D eigenvalue weighted by molar-refractivity contribution is 5.95. The van der Waals surface area contributed by atoms with Crippen molar-refractivity contribution in [2.75, 3.05) is 6.54 Å². The highest BCUT2D eigenvalue weighted by Crippen LogP contribution is 2.18. The van der Waals surface area contributed by atoms with Crippen LogP contribution < -0.4 is 21.3 Å². The molecular weight excluding hydrogens is 516 g/mol. The summed E-state index contributed by atoms with van der Waals surface area (Å²) in [5.74, 6) is -4.69. The lowest BCUT2D eigenvalue weighted by Crippen LogP contribution is -2.61. The van der Waals surface area contributed by atoms with Gasteiger partial charge in [0.15, 0.2) is 5.69 Å². The van der Waals surface area contributed by atoms with Crippen LogP contribution in [0.3, 0.4) is 0 Å². The molecule has 0 radical (unpaired) electrons. The number of hydrogen-bond donors (Lipinski definition) is 6. The number of nitrogens with zero attached hydrogens (tertiary/aromatic N) is 2. The fourth-order valence-corrected chi connectivity index (χ4v) is 4.58. The summed E-state index contributed by atoms with van der Waals surface area (Å²) in [6, 6.07) is 3.78. The van der Waals surface area contributed by atoms with Crippen LogP contribution in [0.15, 0.2) is 42.9 Å². The number of nitrogens with one attached hydrogen (secondary N) is 4. The number of amides is 4. The van der Waals surface area contributed by atoms with E-state index in [1.165, 1.54) is 18.3 Å². The van der Waals surface area contributed by atoms with Crippen molar-refractivity contribution in [2.24, 2.45) is 17.8 Å². The van der Waals surface area contributed by atoms with E-state index in [2.05, 4.69) is 31.2 Å². The van der Waals surface area contributed by atoms with Crippen molar-refractivity contribution in [2.45, 2.75) is 64.8 Å². The van der Waals surface area contributed by atoms with E-state index < -0.39 is 59.7 Å². The van der Waals surface area contributed by atoms with Crippen LogP contribution in [-0.4, -0.2) is 74.6 Å². The van der Waals surface area contributed by atoms with Gasteiger partial charge in [-0.2, -0.15) is 0 Å². The van der Waals surface area contributed by atoms with E-state index in [9.17, 15) is 29.4 Å². The molecule has 0 aromatic carbocycles. The van der Waals surface area contributed by atoms with Crippen LogP contribution in [-0.2, 0) is 20.8 Å². The van der Waals surface area contributed by atoms with Gasteiger partial charge in [-0.3, -0.25) is 24.2 Å². The molecule has 3 rings (SSSR count). The minimum Gasteiger partial charge on any atom is -0.505 e. The van der Waals surface area contributed by atoms with Gasteiger partial charge in [-0.05, 0) is 43.0 Å². The molecule has 2 aromatic rings. The van der Waals surface area contributed by atoms with Crippen LogP contribution in [0.1, 0.15) is 50.2 Å². The van der Waals surface area contributed by atoms with Gasteiger partial charge >= 0.3 is 0 Å². The van der Waals surface area contributed by atoms with Crippen molar-refractivity contribution >= 4 is 23.6 Å². The summed E-state index contributed by atoms with van der Waals surface area (Å²) >= 11 is 0. The molecule has 12 nitrogen and oxygen atoms in total. The zero-order chi connectivity index (χ0) is 29.4. The number of carbonyl (C=O) groups is 4. The lowest BCUT2D eigenvalue weighted by atomic mass is 9.89. The van der Waals surface area contributed by atoms with E-state index in [4.69, 9.17) is 0 Å². The zero-order valence-electron chi connectivity index (χ0n) is 23.1. The maximum atomic E-state index is 13.7. The van der Waals surface area contributed by atoms with Crippen molar-refractivity contribution in [1.82, 2.24) is 31.2 Å². The minimum absolute atomic E-state index is 0.189. The van der Waals surface area contributed by atoms with E-state index in [1.807, 2.05) is 13.8 Å². The lowest BCUT2D eigenvalue weighted by Gasteiger charge is -2.34. The standard InChI is InChI=1S/C28H38N6O6/c1-5-15(2)22-28(40)32-17(4)19(14-31-27(39)23-21(35)9-7-11-30-23)26(38)33-20(12-18-8-6-10-29-13-18)24(36)16(3)25(37)34-22/h6-11,13,15-17,19-20,22,24,35-36H,5,12,14H2,1-4H3,(H,31,39)(H,32,40)(H,33,38)(H,34,37)/t15?,16-,17-,19+,20+,22?,24+/m1/s1. The number of aliphatic hydroxyl groups is 1. The van der Waals surface area contributed by atoms with Crippen molar-refractivity contribution < 1.29 is 29.4 Å². The quantitative estimate of drug-likeness (QED) is 0.282. The first-order valence-corrected chi connectivity index (χ1v) is 13.4. The first kappa shape index (κ1) is 30.5. The topological polar surface area (TPSA) is 183 Å². The summed E-state index contributed by atoms with van der Waals surface area (Å²) in [5.41, 5.74) is 0.534. The van der Waals surface area contributed by atoms with Crippen LogP contribution >= 0.6 is 0 Å². The second-order valence-corrected chi connectivity index (χ2v) is 10.3. The Morgan fingerprint density at radius 3 is 2.42 bits per heavy atom. The first-order chi connectivity index (χ1) is 19.0. The van der Waals surface area contributed by atoms with Gasteiger partial charge in [0.05, 0.1) is 24.0 Å². The molecule has 1 aliphatic rings. The monoisotopic (exact) mass is 554 g/mol. The Bertz CT molecular complexity index is 1190. The van der Waals surface area contributed by atoms with Gasteiger partial charge in [-0.15, -0.1) is 0 Å². The fourth-order valence-electron chi connectivity index (χ4n) is 4.58. The van der Waals surface area contributed by atoms with E-state index in [-0.39, 0.29) is 30.3 Å². The van der Waals surface area contributed by atoms with Crippen molar-refractivity contribution in [3.8, 4) is 5.75 Å². The molecule has 2 unspecified atom stereocenters. The molecule has 40 heavy (non-hydrogen) atoms. The Balaban J connectivity index is 1.94. The molecule has 0 spiro atoms. The molecular formula is C28H38N6O6. The molecule has 12 heteroatoms. The van der Waals surface area contributed by atoms with Crippen LogP contribution in [0.2, 0.25) is 0 Å². The van der Waals surface area contributed by atoms with Gasteiger partial charge in [0, 0.05) is 31.2 Å². The number of pyridine rings is 2. The van der Waals surface area contributed by atoms with Crippen molar-refractivity contribution in [1.29, 1.82) is 0 Å². The van der Waals surface area contributed by atoms with E-state index in [0.717, 1.165) is 5.56 Å². The molecule has 1 aliphatic heterocycles. The normalized spacial score (nSPS) is 26.8. The SMILES string of the molecule is CCC(C)C1NC(=O)[C@H](C)[C@H](O)[C@H](Cc2cccnc2)NC(=O)[C@@H](CNC(=O)c2ncccc2O)[C@@H](C)NC1=O. The number of carbonyl (C=O) groups excluding carboxylic acids is 4. The van der Waals surface area contributed by atoms with Gasteiger partial charge < -0.3 is 31.5 Å². The summed E-state index contributed by atoms with van der Waals surface area (Å²) < 4.78 is 0. The van der Waals surface area contributed by atoms with E-state index >= 15 is 0 Å². The van der Waals surface area contributed by atoms with Crippen LogP contribution in [0.4, 0.5) is 0 Å². The lowest BCUT2D eigenvalue weighted by molar-refractivity contribution is -0.137. The molecule has 7 atom stereocenters. The molecule has 0 aliphatic carbocycles. The molecule has 0 saturated carbocycles. The molecule has 1 saturated heterocycles. The van der Waals surface area contributed by atoms with Gasteiger partial charge in [-0.1, -0.05) is 33.3 Å². The van der Waals surface area contributed by atoms with E-state index in [0.29, 0.717) is 6.42 Å². The zero-order valence-corrected chi connectivity index (χ0v) is 23.1. The molecule has 1 fully saturated rings. The van der Waals surface area contributed by atoms with Crippen LogP contribution in [0.5, 0.6) is 5.75 Å². The predicted molar refractivity (Wildman–Crippen MR) is 146 cm³/mol.